The lowest BCUT2D eigenvalue weighted by atomic mass is 9.98. The summed E-state index contributed by atoms with van der Waals surface area (Å²) >= 11 is 1.36. The Morgan fingerprint density at radius 2 is 1.33 bits per heavy atom. The summed E-state index contributed by atoms with van der Waals surface area (Å²) in [5.74, 6) is -11.1. The standard InChI is InChI=1S/C57H66N10O19S2/c1-26-4-7-30(8-5-26)31-9-13-33(14-10-31)54-64-65-55(87-54)34-15-11-32(12-16-34)49(76)60-37-20-35(69)23-59-53(80)47-48(75)27(2)24-67(47)57(82)46(41(73)22-43(58)74)63-52(79)45(40(72)18-29-6-17-39(71)42(19-29)84-88-86-85-83)62-51(78)38-21-36(70)25-66(38)56(81)44(28(3)68)61-50(37)77/h4-17,19,27-28,35-38,40-41,44-48,68-73,75,83H,18,20-25H2,1-3H3,(H2,58,74)(H,59,80)(H,60,76)(H,61,77)(H,62,78)(H,63,79). The first-order valence-electron chi connectivity index (χ1n) is 27.6. The Morgan fingerprint density at radius 1 is 0.739 bits per heavy atom. The zero-order valence-electron chi connectivity index (χ0n) is 47.4. The molecule has 5 aromatic rings. The summed E-state index contributed by atoms with van der Waals surface area (Å²) in [5, 5.41) is 112. The average Bonchev–Trinajstić information content (AvgIpc) is 4.37. The van der Waals surface area contributed by atoms with Gasteiger partial charge in [-0.25, -0.2) is 5.26 Å². The van der Waals surface area contributed by atoms with E-state index in [1.807, 2.05) is 55.5 Å². The maximum atomic E-state index is 14.7. The van der Waals surface area contributed by atoms with Crippen molar-refractivity contribution in [3.8, 4) is 43.8 Å². The number of hydrogen-bond acceptors (Lipinski definition) is 23. The molecule has 31 heteroatoms. The fraction of sp³-hybridized carbons (Fsp3) is 0.404. The van der Waals surface area contributed by atoms with E-state index in [0.29, 0.717) is 15.6 Å². The van der Waals surface area contributed by atoms with Gasteiger partial charge in [0.05, 0.1) is 43.0 Å². The number of benzene rings is 4. The number of aliphatic hydroxyl groups is 6. The lowest BCUT2D eigenvalue weighted by Crippen LogP contribution is -2.64. The molecule has 0 bridgehead atoms. The fourth-order valence-corrected chi connectivity index (χ4v) is 11.5. The van der Waals surface area contributed by atoms with E-state index in [-0.39, 0.29) is 29.2 Å². The molecule has 29 nitrogen and oxygen atoms in total. The van der Waals surface area contributed by atoms with E-state index in [9.17, 15) is 74.1 Å². The van der Waals surface area contributed by atoms with E-state index in [4.69, 9.17) is 15.2 Å². The Labute approximate surface area is 510 Å². The Bertz CT molecular complexity index is 3340. The SMILES string of the molecule is Cc1ccc(-c2ccc(-c3nnc(-c4ccc(C(=O)NC5CC(O)CNC(=O)C6C(O)C(C)CN6C(=O)C(C(O)CC(N)=O)NC(=O)C(C(O)Cc6ccc(O)c(OSOOO)c6)NC(=O)C6CC(O)CN6C(=O)C(C(C)O)NC5=O)cc4)s3)cc2)cc1. The van der Waals surface area contributed by atoms with Crippen LogP contribution in [0.5, 0.6) is 11.5 Å². The lowest BCUT2D eigenvalue weighted by molar-refractivity contribution is -0.433. The average molecular weight is 1260 g/mol. The van der Waals surface area contributed by atoms with Crippen molar-refractivity contribution in [2.24, 2.45) is 11.7 Å². The van der Waals surface area contributed by atoms with Crippen molar-refractivity contribution in [3.63, 3.8) is 0 Å². The van der Waals surface area contributed by atoms with Crippen LogP contribution in [0.1, 0.15) is 54.6 Å². The number of aryl methyl sites for hydroxylation is 1. The second-order valence-electron chi connectivity index (χ2n) is 21.7. The van der Waals surface area contributed by atoms with Crippen LogP contribution in [-0.4, -0.2) is 201 Å². The van der Waals surface area contributed by atoms with E-state index >= 15 is 0 Å². The zero-order valence-corrected chi connectivity index (χ0v) is 49.0. The Balaban J connectivity index is 1.09. The van der Waals surface area contributed by atoms with Crippen LogP contribution in [0.4, 0.5) is 0 Å². The smallest absolute Gasteiger partial charge is 0.261 e. The highest BCUT2D eigenvalue weighted by Gasteiger charge is 2.50. The van der Waals surface area contributed by atoms with E-state index < -0.39 is 177 Å². The molecule has 13 atom stereocenters. The molecule has 0 aliphatic carbocycles. The van der Waals surface area contributed by atoms with Crippen LogP contribution in [0.15, 0.2) is 91.0 Å². The van der Waals surface area contributed by atoms with E-state index in [1.54, 1.807) is 12.1 Å². The van der Waals surface area contributed by atoms with Crippen molar-refractivity contribution in [3.05, 3.63) is 108 Å². The summed E-state index contributed by atoms with van der Waals surface area (Å²) in [6.07, 6.45) is -13.6. The maximum absolute atomic E-state index is 14.7. The minimum absolute atomic E-state index is 0.00625. The predicted molar refractivity (Wildman–Crippen MR) is 311 cm³/mol. The van der Waals surface area contributed by atoms with Crippen LogP contribution < -0.4 is 36.5 Å². The summed E-state index contributed by atoms with van der Waals surface area (Å²) < 4.78 is 9.30. The largest absolute Gasteiger partial charge is 0.504 e. The van der Waals surface area contributed by atoms with Crippen molar-refractivity contribution in [1.29, 1.82) is 0 Å². The Morgan fingerprint density at radius 3 is 1.95 bits per heavy atom. The van der Waals surface area contributed by atoms with Gasteiger partial charge in [-0.3, -0.25) is 38.4 Å². The predicted octanol–water partition coefficient (Wildman–Crippen LogP) is -1.26. The molecule has 3 aliphatic rings. The number of aromatic nitrogens is 2. The molecule has 0 radical (unpaired) electrons. The van der Waals surface area contributed by atoms with Crippen LogP contribution in [0.2, 0.25) is 0 Å². The molecule has 0 saturated carbocycles. The molecule has 3 saturated heterocycles. The van der Waals surface area contributed by atoms with Gasteiger partial charge in [0.15, 0.2) is 11.5 Å². The number of nitrogens with zero attached hydrogens (tertiary/aromatic N) is 4. The molecule has 88 heavy (non-hydrogen) atoms. The zero-order chi connectivity index (χ0) is 63.7. The van der Waals surface area contributed by atoms with Gasteiger partial charge in [-0.15, -0.1) is 10.2 Å². The molecule has 8 rings (SSSR count). The number of hydrogen-bond donors (Lipinski definition) is 14. The molecule has 8 amide bonds. The highest BCUT2D eigenvalue weighted by atomic mass is 32.2. The number of carbonyl (C=O) groups is 8. The highest BCUT2D eigenvalue weighted by molar-refractivity contribution is 7.90. The topological polar surface area (TPSA) is 445 Å². The van der Waals surface area contributed by atoms with Gasteiger partial charge in [0.1, 0.15) is 46.3 Å². The van der Waals surface area contributed by atoms with Crippen molar-refractivity contribution in [1.82, 2.24) is 46.6 Å². The first kappa shape index (κ1) is 65.8. The maximum Gasteiger partial charge on any atom is 0.261 e. The van der Waals surface area contributed by atoms with Crippen molar-refractivity contribution < 1.29 is 92.9 Å². The van der Waals surface area contributed by atoms with Gasteiger partial charge in [0.25, 0.3) is 18.2 Å². The minimum Gasteiger partial charge on any atom is -0.504 e. The highest BCUT2D eigenvalue weighted by Crippen LogP contribution is 2.34. The lowest BCUT2D eigenvalue weighted by Gasteiger charge is -2.33. The van der Waals surface area contributed by atoms with E-state index in [0.717, 1.165) is 51.1 Å². The summed E-state index contributed by atoms with van der Waals surface area (Å²) in [6, 6.07) is 13.9. The Hall–Kier alpha value is -8.21. The van der Waals surface area contributed by atoms with Gasteiger partial charge in [0.2, 0.25) is 41.4 Å². The molecule has 3 aliphatic heterocycles. The molecule has 0 spiro atoms. The fourth-order valence-electron chi connectivity index (χ4n) is 10.4. The van der Waals surface area contributed by atoms with Gasteiger partial charge in [0, 0.05) is 61.5 Å². The molecule has 4 heterocycles. The summed E-state index contributed by atoms with van der Waals surface area (Å²) in [6.45, 7) is 2.88. The van der Waals surface area contributed by atoms with Crippen molar-refractivity contribution >= 4 is 70.9 Å². The Kier molecular flexibility index (Phi) is 21.8. The molecular weight excluding hydrogens is 1190 g/mol. The molecule has 3 fully saturated rings. The van der Waals surface area contributed by atoms with Crippen LogP contribution in [0.25, 0.3) is 32.3 Å². The van der Waals surface area contributed by atoms with Crippen molar-refractivity contribution in [2.75, 3.05) is 19.6 Å². The number of phenols is 1. The number of fused-ring (bicyclic) bond motifs is 2. The third-order valence-electron chi connectivity index (χ3n) is 15.1. The number of carbonyl (C=O) groups excluding carboxylic acids is 8. The van der Waals surface area contributed by atoms with Gasteiger partial charge < -0.3 is 82.0 Å². The molecule has 15 N–H and O–H groups in total. The summed E-state index contributed by atoms with van der Waals surface area (Å²) in [4.78, 5) is 115. The first-order chi connectivity index (χ1) is 41.9. The van der Waals surface area contributed by atoms with Gasteiger partial charge in [-0.2, -0.15) is 0 Å². The molecular formula is C57H66N10O19S2. The quantitative estimate of drug-likeness (QED) is 0.0237. The van der Waals surface area contributed by atoms with Crippen LogP contribution in [0, 0.1) is 12.8 Å². The van der Waals surface area contributed by atoms with Crippen LogP contribution in [-0.2, 0) is 49.4 Å². The third kappa shape index (κ3) is 15.9. The van der Waals surface area contributed by atoms with E-state index in [1.165, 1.54) is 36.5 Å². The number of nitrogens with two attached hydrogens (primary N) is 1. The number of nitrogens with one attached hydrogen (secondary N) is 5. The molecule has 13 unspecified atom stereocenters. The number of rotatable bonds is 16. The van der Waals surface area contributed by atoms with Gasteiger partial charge in [-0.1, -0.05) is 99.9 Å². The number of primary amides is 1. The molecule has 470 valence electrons. The number of aliphatic hydroxyl groups excluding tert-OH is 6. The summed E-state index contributed by atoms with van der Waals surface area (Å²) in [7, 11) is 0. The number of β-amino-alcohol motifs (C(OH)–C–C–N with tert-alkyl or cyclic N) is 1. The number of amides is 8. The number of phenolic OH excluding ortho intramolecular Hbond substituents is 1. The number of aromatic hydroxyl groups is 1. The van der Waals surface area contributed by atoms with Crippen LogP contribution in [0.3, 0.4) is 0 Å². The first-order valence-corrected chi connectivity index (χ1v) is 29.1. The van der Waals surface area contributed by atoms with Crippen molar-refractivity contribution in [2.45, 2.75) is 119 Å². The van der Waals surface area contributed by atoms with Gasteiger partial charge >= 0.3 is 0 Å². The van der Waals surface area contributed by atoms with Crippen LogP contribution >= 0.6 is 23.7 Å². The van der Waals surface area contributed by atoms with E-state index in [2.05, 4.69) is 46.2 Å². The monoisotopic (exact) mass is 1260 g/mol. The second-order valence-corrected chi connectivity index (χ2v) is 23.1. The third-order valence-corrected chi connectivity index (χ3v) is 16.5. The minimum atomic E-state index is -2.22. The van der Waals surface area contributed by atoms with Gasteiger partial charge in [-0.05, 0) is 54.8 Å². The molecule has 4 aromatic carbocycles. The summed E-state index contributed by atoms with van der Waals surface area (Å²) in [5.41, 5.74) is 10.1. The molecule has 1 aromatic heterocycles. The second kappa shape index (κ2) is 29.2. The normalized spacial score (nSPS) is 25.2.